The van der Waals surface area contributed by atoms with E-state index in [9.17, 15) is 4.79 Å². The van der Waals surface area contributed by atoms with Gasteiger partial charge in [0, 0.05) is 0 Å². The minimum Gasteiger partial charge on any atom is -0.492 e. The lowest BCUT2D eigenvalue weighted by molar-refractivity contribution is 0.0847. The summed E-state index contributed by atoms with van der Waals surface area (Å²) in [5, 5.41) is 0. The molecule has 1 aromatic rings. The van der Waals surface area contributed by atoms with Gasteiger partial charge in [0.25, 0.3) is 0 Å². The number of hydrogen-bond acceptors (Lipinski definition) is 2. The molecular weight excluding hydrogens is 176 g/mol. The molecule has 1 unspecified atom stereocenters. The summed E-state index contributed by atoms with van der Waals surface area (Å²) < 4.78 is 5.61. The Morgan fingerprint density at radius 1 is 1.50 bits per heavy atom. The van der Waals surface area contributed by atoms with Gasteiger partial charge in [0.05, 0.1) is 18.1 Å². The average Bonchev–Trinajstić information content (AvgIpc) is 2.23. The maximum atomic E-state index is 11.8. The Bertz CT molecular complexity index is 369. The summed E-state index contributed by atoms with van der Waals surface area (Å²) in [4.78, 5) is 11.8. The van der Waals surface area contributed by atoms with Crippen LogP contribution in [0.15, 0.2) is 18.2 Å². The van der Waals surface area contributed by atoms with E-state index in [1.165, 1.54) is 0 Å². The van der Waals surface area contributed by atoms with Crippen LogP contribution in [-0.4, -0.2) is 12.4 Å². The van der Waals surface area contributed by atoms with E-state index in [4.69, 9.17) is 4.74 Å². The van der Waals surface area contributed by atoms with Crippen LogP contribution < -0.4 is 4.74 Å². The lowest BCUT2D eigenvalue weighted by atomic mass is 9.94. The van der Waals surface area contributed by atoms with Gasteiger partial charge in [0.2, 0.25) is 0 Å². The maximum Gasteiger partial charge on any atom is 0.172 e. The number of aryl methyl sites for hydroxylation is 1. The van der Waals surface area contributed by atoms with E-state index in [2.05, 4.69) is 6.92 Å². The zero-order chi connectivity index (χ0) is 10.1. The lowest BCUT2D eigenvalue weighted by Gasteiger charge is -2.23. The number of hydrogen-bond donors (Lipinski definition) is 0. The van der Waals surface area contributed by atoms with E-state index in [-0.39, 0.29) is 11.7 Å². The van der Waals surface area contributed by atoms with Crippen LogP contribution in [0.5, 0.6) is 5.75 Å². The topological polar surface area (TPSA) is 26.3 Å². The normalized spacial score (nSPS) is 20.1. The average molecular weight is 190 g/mol. The van der Waals surface area contributed by atoms with Gasteiger partial charge in [-0.1, -0.05) is 26.0 Å². The van der Waals surface area contributed by atoms with Gasteiger partial charge in [-0.15, -0.1) is 0 Å². The van der Waals surface area contributed by atoms with Crippen molar-refractivity contribution < 1.29 is 9.53 Å². The first-order chi connectivity index (χ1) is 6.74. The third-order valence-corrected chi connectivity index (χ3v) is 2.67. The van der Waals surface area contributed by atoms with Crippen LogP contribution in [0.25, 0.3) is 0 Å². The highest BCUT2D eigenvalue weighted by molar-refractivity contribution is 6.01. The van der Waals surface area contributed by atoms with E-state index in [1.807, 2.05) is 25.1 Å². The van der Waals surface area contributed by atoms with Crippen LogP contribution in [-0.2, 0) is 6.42 Å². The summed E-state index contributed by atoms with van der Waals surface area (Å²) in [5.41, 5.74) is 1.88. The molecule has 74 valence electrons. The van der Waals surface area contributed by atoms with Crippen molar-refractivity contribution >= 4 is 5.78 Å². The second-order valence-corrected chi connectivity index (χ2v) is 3.72. The van der Waals surface area contributed by atoms with Crippen molar-refractivity contribution in [3.05, 3.63) is 29.3 Å². The number of carbonyl (C=O) groups excluding carboxylic acids is 1. The molecule has 1 aromatic carbocycles. The molecule has 0 amide bonds. The smallest absolute Gasteiger partial charge is 0.172 e. The number of ketones is 1. The molecular formula is C12H14O2. The molecule has 1 atom stereocenters. The highest BCUT2D eigenvalue weighted by Gasteiger charge is 2.26. The standard InChI is InChI=1S/C12H14O2/c1-3-9-5-4-6-10-11(13)8(2)7-14-12(9)10/h4-6,8H,3,7H2,1-2H3. The van der Waals surface area contributed by atoms with Gasteiger partial charge in [-0.05, 0) is 18.1 Å². The van der Waals surface area contributed by atoms with Crippen molar-refractivity contribution in [2.45, 2.75) is 20.3 Å². The summed E-state index contributed by atoms with van der Waals surface area (Å²) in [6, 6.07) is 5.80. The summed E-state index contributed by atoms with van der Waals surface area (Å²) in [5.74, 6) is 1.01. The molecule has 2 rings (SSSR count). The summed E-state index contributed by atoms with van der Waals surface area (Å²) in [7, 11) is 0. The van der Waals surface area contributed by atoms with Gasteiger partial charge in [-0.25, -0.2) is 0 Å². The predicted octanol–water partition coefficient (Wildman–Crippen LogP) is 2.46. The van der Waals surface area contributed by atoms with Crippen LogP contribution >= 0.6 is 0 Å². The fourth-order valence-electron chi connectivity index (χ4n) is 1.78. The summed E-state index contributed by atoms with van der Waals surface area (Å²) in [6.07, 6.45) is 0.908. The van der Waals surface area contributed by atoms with Gasteiger partial charge < -0.3 is 4.74 Å². The molecule has 2 heteroatoms. The highest BCUT2D eigenvalue weighted by atomic mass is 16.5. The quantitative estimate of drug-likeness (QED) is 0.680. The Morgan fingerprint density at radius 2 is 2.29 bits per heavy atom. The van der Waals surface area contributed by atoms with Crippen LogP contribution in [0.1, 0.15) is 29.8 Å². The second kappa shape index (κ2) is 3.45. The number of benzene rings is 1. The van der Waals surface area contributed by atoms with Gasteiger partial charge in [0.1, 0.15) is 5.75 Å². The Kier molecular flexibility index (Phi) is 2.28. The van der Waals surface area contributed by atoms with Crippen LogP contribution in [0, 0.1) is 5.92 Å². The SMILES string of the molecule is CCc1cccc2c1OCC(C)C2=O. The number of fused-ring (bicyclic) bond motifs is 1. The summed E-state index contributed by atoms with van der Waals surface area (Å²) in [6.45, 7) is 4.49. The Labute approximate surface area is 83.9 Å². The second-order valence-electron chi connectivity index (χ2n) is 3.72. The molecule has 2 nitrogen and oxygen atoms in total. The molecule has 0 saturated heterocycles. The number of Topliss-reactive ketones (excluding diaryl/α,β-unsaturated/α-hetero) is 1. The van der Waals surface area contributed by atoms with E-state index < -0.39 is 0 Å². The van der Waals surface area contributed by atoms with Gasteiger partial charge in [-0.3, -0.25) is 4.79 Å². The Morgan fingerprint density at radius 3 is 3.00 bits per heavy atom. The molecule has 0 aliphatic carbocycles. The first-order valence-corrected chi connectivity index (χ1v) is 5.03. The van der Waals surface area contributed by atoms with Gasteiger partial charge >= 0.3 is 0 Å². The first-order valence-electron chi connectivity index (χ1n) is 5.03. The molecule has 1 aliphatic heterocycles. The van der Waals surface area contributed by atoms with Crippen molar-refractivity contribution in [2.75, 3.05) is 6.61 Å². The fraction of sp³-hybridized carbons (Fsp3) is 0.417. The third kappa shape index (κ3) is 1.31. The third-order valence-electron chi connectivity index (χ3n) is 2.67. The fourth-order valence-corrected chi connectivity index (χ4v) is 1.78. The van der Waals surface area contributed by atoms with Crippen LogP contribution in [0.3, 0.4) is 0 Å². The van der Waals surface area contributed by atoms with Crippen LogP contribution in [0.2, 0.25) is 0 Å². The Balaban J connectivity index is 2.52. The van der Waals surface area contributed by atoms with Crippen molar-refractivity contribution in [1.29, 1.82) is 0 Å². The molecule has 0 bridgehead atoms. The van der Waals surface area contributed by atoms with E-state index in [0.717, 1.165) is 23.3 Å². The molecule has 0 N–H and O–H groups in total. The number of para-hydroxylation sites is 1. The monoisotopic (exact) mass is 190 g/mol. The van der Waals surface area contributed by atoms with Crippen molar-refractivity contribution in [3.63, 3.8) is 0 Å². The molecule has 0 saturated carbocycles. The largest absolute Gasteiger partial charge is 0.492 e. The van der Waals surface area contributed by atoms with Crippen molar-refractivity contribution in [1.82, 2.24) is 0 Å². The minimum absolute atomic E-state index is 0.00499. The van der Waals surface area contributed by atoms with Crippen molar-refractivity contribution in [2.24, 2.45) is 5.92 Å². The first kappa shape index (κ1) is 9.25. The van der Waals surface area contributed by atoms with Crippen LogP contribution in [0.4, 0.5) is 0 Å². The Hall–Kier alpha value is -1.31. The zero-order valence-corrected chi connectivity index (χ0v) is 8.54. The highest BCUT2D eigenvalue weighted by Crippen LogP contribution is 2.30. The summed E-state index contributed by atoms with van der Waals surface area (Å²) >= 11 is 0. The lowest BCUT2D eigenvalue weighted by Crippen LogP contribution is -2.25. The molecule has 14 heavy (non-hydrogen) atoms. The molecule has 0 fully saturated rings. The molecule has 0 spiro atoms. The molecule has 1 aliphatic rings. The molecule has 1 heterocycles. The maximum absolute atomic E-state index is 11.8. The zero-order valence-electron chi connectivity index (χ0n) is 8.54. The van der Waals surface area contributed by atoms with E-state index in [1.54, 1.807) is 0 Å². The molecule has 0 radical (unpaired) electrons. The van der Waals surface area contributed by atoms with Crippen molar-refractivity contribution in [3.8, 4) is 5.75 Å². The number of rotatable bonds is 1. The number of carbonyl (C=O) groups is 1. The molecule has 0 aromatic heterocycles. The minimum atomic E-state index is -0.00499. The van der Waals surface area contributed by atoms with E-state index in [0.29, 0.717) is 6.61 Å². The van der Waals surface area contributed by atoms with Gasteiger partial charge in [0.15, 0.2) is 5.78 Å². The predicted molar refractivity (Wildman–Crippen MR) is 54.8 cm³/mol. The van der Waals surface area contributed by atoms with Gasteiger partial charge in [-0.2, -0.15) is 0 Å². The van der Waals surface area contributed by atoms with E-state index >= 15 is 0 Å². The number of ether oxygens (including phenoxy) is 1.